The quantitative estimate of drug-likeness (QED) is 0.690. The highest BCUT2D eigenvalue weighted by molar-refractivity contribution is 9.09. The first-order valence-electron chi connectivity index (χ1n) is 4.58. The highest BCUT2D eigenvalue weighted by Gasteiger charge is 2.13. The summed E-state index contributed by atoms with van der Waals surface area (Å²) in [7, 11) is 1.69. The fraction of sp³-hybridized carbons (Fsp3) is 1.00. The molecule has 80 valence electrons. The van der Waals surface area contributed by atoms with E-state index in [1.165, 1.54) is 0 Å². The fourth-order valence-electron chi connectivity index (χ4n) is 1.09. The van der Waals surface area contributed by atoms with Crippen LogP contribution in [-0.2, 0) is 4.74 Å². The summed E-state index contributed by atoms with van der Waals surface area (Å²) in [4.78, 5) is 2.20. The first kappa shape index (κ1) is 13.4. The zero-order valence-corrected chi connectivity index (χ0v) is 10.2. The Bertz CT molecular complexity index is 122. The number of aliphatic hydroxyl groups excluding tert-OH is 1. The second-order valence-corrected chi connectivity index (χ2v) is 4.04. The third kappa shape index (κ3) is 6.43. The molecule has 0 aliphatic heterocycles. The van der Waals surface area contributed by atoms with Crippen molar-refractivity contribution >= 4 is 15.9 Å². The molecule has 13 heavy (non-hydrogen) atoms. The van der Waals surface area contributed by atoms with Gasteiger partial charge < -0.3 is 9.84 Å². The summed E-state index contributed by atoms with van der Waals surface area (Å²) in [6.07, 6.45) is -0.292. The van der Waals surface area contributed by atoms with E-state index >= 15 is 0 Å². The molecule has 1 unspecified atom stereocenters. The van der Waals surface area contributed by atoms with E-state index < -0.39 is 0 Å². The Labute approximate surface area is 89.2 Å². The number of hydrogen-bond acceptors (Lipinski definition) is 3. The Morgan fingerprint density at radius 1 is 1.46 bits per heavy atom. The molecule has 0 saturated heterocycles. The molecule has 3 nitrogen and oxygen atoms in total. The van der Waals surface area contributed by atoms with E-state index in [-0.39, 0.29) is 6.10 Å². The van der Waals surface area contributed by atoms with Crippen molar-refractivity contribution in [2.45, 2.75) is 26.0 Å². The van der Waals surface area contributed by atoms with Gasteiger partial charge in [-0.3, -0.25) is 4.90 Å². The summed E-state index contributed by atoms with van der Waals surface area (Å²) in [5.74, 6) is 0. The van der Waals surface area contributed by atoms with Gasteiger partial charge in [0.1, 0.15) is 0 Å². The molecule has 1 N–H and O–H groups in total. The molecule has 0 amide bonds. The third-order valence-electron chi connectivity index (χ3n) is 1.94. The van der Waals surface area contributed by atoms with E-state index in [1.807, 2.05) is 0 Å². The lowest BCUT2D eigenvalue weighted by atomic mass is 10.2. The number of nitrogens with zero attached hydrogens (tertiary/aromatic N) is 1. The maximum atomic E-state index is 9.45. The van der Waals surface area contributed by atoms with Crippen LogP contribution in [0.4, 0.5) is 0 Å². The van der Waals surface area contributed by atoms with Crippen LogP contribution in [0.2, 0.25) is 0 Å². The number of aliphatic hydroxyl groups is 1. The van der Waals surface area contributed by atoms with Crippen molar-refractivity contribution in [2.24, 2.45) is 0 Å². The topological polar surface area (TPSA) is 32.7 Å². The Kier molecular flexibility index (Phi) is 7.95. The summed E-state index contributed by atoms with van der Waals surface area (Å²) < 4.78 is 5.00. The summed E-state index contributed by atoms with van der Waals surface area (Å²) in [5.41, 5.74) is 0. The molecule has 0 heterocycles. The van der Waals surface area contributed by atoms with Gasteiger partial charge in [0, 0.05) is 31.6 Å². The summed E-state index contributed by atoms with van der Waals surface area (Å²) in [6, 6.07) is 0.448. The van der Waals surface area contributed by atoms with E-state index in [9.17, 15) is 5.11 Å². The molecular formula is C9H20BrNO2. The SMILES string of the molecule is COCCN(CC(O)CBr)C(C)C. The van der Waals surface area contributed by atoms with Crippen LogP contribution in [0.15, 0.2) is 0 Å². The first-order valence-corrected chi connectivity index (χ1v) is 5.71. The molecule has 4 heteroatoms. The molecule has 0 aliphatic rings. The van der Waals surface area contributed by atoms with Crippen LogP contribution in [-0.4, -0.2) is 54.3 Å². The van der Waals surface area contributed by atoms with Crippen LogP contribution < -0.4 is 0 Å². The number of methoxy groups -OCH3 is 1. The van der Waals surface area contributed by atoms with Crippen LogP contribution in [0, 0.1) is 0 Å². The average Bonchev–Trinajstić information content (AvgIpc) is 2.11. The Morgan fingerprint density at radius 2 is 2.08 bits per heavy atom. The smallest absolute Gasteiger partial charge is 0.0763 e. The van der Waals surface area contributed by atoms with Gasteiger partial charge >= 0.3 is 0 Å². The van der Waals surface area contributed by atoms with Crippen molar-refractivity contribution in [1.82, 2.24) is 4.90 Å². The van der Waals surface area contributed by atoms with E-state index in [0.29, 0.717) is 24.5 Å². The normalized spacial score (nSPS) is 14.1. The molecule has 0 spiro atoms. The van der Waals surface area contributed by atoms with Crippen molar-refractivity contribution in [3.63, 3.8) is 0 Å². The molecule has 0 fully saturated rings. The number of alkyl halides is 1. The standard InChI is InChI=1S/C9H20BrNO2/c1-8(2)11(4-5-13-3)7-9(12)6-10/h8-9,12H,4-7H2,1-3H3. The molecular weight excluding hydrogens is 234 g/mol. The first-order chi connectivity index (χ1) is 6.11. The molecule has 0 saturated carbocycles. The molecule has 0 aromatic rings. The number of hydrogen-bond donors (Lipinski definition) is 1. The average molecular weight is 254 g/mol. The van der Waals surface area contributed by atoms with E-state index in [0.717, 1.165) is 6.54 Å². The zero-order valence-electron chi connectivity index (χ0n) is 8.66. The maximum absolute atomic E-state index is 9.45. The van der Waals surface area contributed by atoms with Gasteiger partial charge in [-0.05, 0) is 13.8 Å². The molecule has 0 bridgehead atoms. The molecule has 0 rings (SSSR count). The lowest BCUT2D eigenvalue weighted by Crippen LogP contribution is -2.40. The fourth-order valence-corrected chi connectivity index (χ4v) is 1.29. The highest BCUT2D eigenvalue weighted by Crippen LogP contribution is 2.01. The lowest BCUT2D eigenvalue weighted by Gasteiger charge is -2.27. The molecule has 0 aromatic heterocycles. The van der Waals surface area contributed by atoms with Crippen molar-refractivity contribution in [3.05, 3.63) is 0 Å². The monoisotopic (exact) mass is 253 g/mol. The number of halogens is 1. The minimum atomic E-state index is -0.292. The van der Waals surface area contributed by atoms with Crippen LogP contribution in [0.5, 0.6) is 0 Å². The van der Waals surface area contributed by atoms with Gasteiger partial charge in [0.25, 0.3) is 0 Å². The molecule has 1 atom stereocenters. The second-order valence-electron chi connectivity index (χ2n) is 3.39. The van der Waals surface area contributed by atoms with Crippen LogP contribution in [0.25, 0.3) is 0 Å². The number of rotatable bonds is 7. The van der Waals surface area contributed by atoms with Gasteiger partial charge in [0.15, 0.2) is 0 Å². The van der Waals surface area contributed by atoms with Crippen molar-refractivity contribution in [1.29, 1.82) is 0 Å². The van der Waals surface area contributed by atoms with Gasteiger partial charge in [-0.2, -0.15) is 0 Å². The van der Waals surface area contributed by atoms with E-state index in [2.05, 4.69) is 34.7 Å². The van der Waals surface area contributed by atoms with E-state index in [1.54, 1.807) is 7.11 Å². The highest BCUT2D eigenvalue weighted by atomic mass is 79.9. The van der Waals surface area contributed by atoms with Crippen LogP contribution in [0.1, 0.15) is 13.8 Å². The minimum absolute atomic E-state index is 0.292. The summed E-state index contributed by atoms with van der Waals surface area (Å²) in [5, 5.41) is 10.1. The van der Waals surface area contributed by atoms with Crippen molar-refractivity contribution < 1.29 is 9.84 Å². The lowest BCUT2D eigenvalue weighted by molar-refractivity contribution is 0.0828. The number of ether oxygens (including phenoxy) is 1. The second kappa shape index (κ2) is 7.74. The molecule has 0 radical (unpaired) electrons. The zero-order chi connectivity index (χ0) is 10.3. The predicted octanol–water partition coefficient (Wildman–Crippen LogP) is 1.10. The molecule has 0 aromatic carbocycles. The van der Waals surface area contributed by atoms with Crippen molar-refractivity contribution in [3.8, 4) is 0 Å². The van der Waals surface area contributed by atoms with E-state index in [4.69, 9.17) is 4.74 Å². The third-order valence-corrected chi connectivity index (χ3v) is 2.68. The summed E-state index contributed by atoms with van der Waals surface area (Å²) >= 11 is 3.25. The Balaban J connectivity index is 3.79. The summed E-state index contributed by atoms with van der Waals surface area (Å²) in [6.45, 7) is 6.53. The van der Waals surface area contributed by atoms with Crippen LogP contribution >= 0.6 is 15.9 Å². The van der Waals surface area contributed by atoms with Gasteiger partial charge in [-0.1, -0.05) is 15.9 Å². The van der Waals surface area contributed by atoms with Crippen molar-refractivity contribution in [2.75, 3.05) is 32.1 Å². The maximum Gasteiger partial charge on any atom is 0.0763 e. The van der Waals surface area contributed by atoms with Gasteiger partial charge in [0.2, 0.25) is 0 Å². The van der Waals surface area contributed by atoms with Crippen LogP contribution in [0.3, 0.4) is 0 Å². The van der Waals surface area contributed by atoms with Gasteiger partial charge in [0.05, 0.1) is 12.7 Å². The van der Waals surface area contributed by atoms with Gasteiger partial charge in [-0.15, -0.1) is 0 Å². The van der Waals surface area contributed by atoms with Gasteiger partial charge in [-0.25, -0.2) is 0 Å². The predicted molar refractivity (Wildman–Crippen MR) is 58.4 cm³/mol. The molecule has 0 aliphatic carbocycles. The Hall–Kier alpha value is 0.360. The Morgan fingerprint density at radius 3 is 2.46 bits per heavy atom. The minimum Gasteiger partial charge on any atom is -0.391 e. The largest absolute Gasteiger partial charge is 0.391 e.